The first-order chi connectivity index (χ1) is 16.1. The molecule has 0 bridgehead atoms. The summed E-state index contributed by atoms with van der Waals surface area (Å²) < 4.78 is 7.64. The second-order valence-electron chi connectivity index (χ2n) is 6.81. The first kappa shape index (κ1) is 22.4. The van der Waals surface area contributed by atoms with Crippen molar-refractivity contribution in [3.05, 3.63) is 94.0 Å². The Kier molecular flexibility index (Phi) is 7.28. The lowest BCUT2D eigenvalue weighted by atomic mass is 10.2. The first-order valence-electron chi connectivity index (χ1n) is 9.83. The van der Waals surface area contributed by atoms with Gasteiger partial charge < -0.3 is 4.74 Å². The van der Waals surface area contributed by atoms with Gasteiger partial charge in [0.15, 0.2) is 4.34 Å². The average Bonchev–Trinajstić information content (AvgIpc) is 3.26. The highest BCUT2D eigenvalue weighted by Gasteiger charge is 2.07. The zero-order chi connectivity index (χ0) is 23.0. The molecule has 0 radical (unpaired) electrons. The number of fused-ring (bicyclic) bond motifs is 1. The van der Waals surface area contributed by atoms with Gasteiger partial charge in [-0.15, -0.1) is 11.3 Å². The molecule has 1 heterocycles. The van der Waals surface area contributed by atoms with Crippen LogP contribution in [0.2, 0.25) is 0 Å². The van der Waals surface area contributed by atoms with Crippen molar-refractivity contribution in [2.45, 2.75) is 10.9 Å². The predicted octanol–water partition coefficient (Wildman–Crippen LogP) is 5.03. The molecule has 4 aromatic rings. The molecular formula is C23H18N4O4S2. The van der Waals surface area contributed by atoms with Crippen LogP contribution < -0.4 is 10.2 Å². The first-order valence-corrected chi connectivity index (χ1v) is 11.6. The van der Waals surface area contributed by atoms with E-state index in [2.05, 4.69) is 15.5 Å². The van der Waals surface area contributed by atoms with Crippen LogP contribution in [-0.2, 0) is 11.4 Å². The van der Waals surface area contributed by atoms with Crippen LogP contribution in [0.25, 0.3) is 10.2 Å². The fourth-order valence-electron chi connectivity index (χ4n) is 2.78. The lowest BCUT2D eigenvalue weighted by Crippen LogP contribution is -2.19. The Hall–Kier alpha value is -3.76. The minimum atomic E-state index is -0.436. The van der Waals surface area contributed by atoms with E-state index in [1.807, 2.05) is 36.4 Å². The fourth-order valence-corrected chi connectivity index (χ4v) is 4.64. The molecule has 166 valence electrons. The summed E-state index contributed by atoms with van der Waals surface area (Å²) in [7, 11) is 0. The minimum absolute atomic E-state index is 0.0461. The minimum Gasteiger partial charge on any atom is -0.489 e. The van der Waals surface area contributed by atoms with Gasteiger partial charge in [-0.2, -0.15) is 5.10 Å². The Morgan fingerprint density at radius 1 is 1.12 bits per heavy atom. The van der Waals surface area contributed by atoms with Crippen molar-refractivity contribution in [1.82, 2.24) is 10.4 Å². The van der Waals surface area contributed by atoms with Gasteiger partial charge >= 0.3 is 0 Å². The number of benzene rings is 3. The number of nitrogens with one attached hydrogen (secondary N) is 1. The summed E-state index contributed by atoms with van der Waals surface area (Å²) in [6, 6.07) is 21.3. The van der Waals surface area contributed by atoms with E-state index in [0.29, 0.717) is 12.4 Å². The molecule has 0 fully saturated rings. The number of para-hydroxylation sites is 1. The third kappa shape index (κ3) is 6.37. The maximum Gasteiger partial charge on any atom is 0.269 e. The van der Waals surface area contributed by atoms with Gasteiger partial charge in [-0.1, -0.05) is 23.9 Å². The summed E-state index contributed by atoms with van der Waals surface area (Å²) >= 11 is 2.94. The molecule has 0 unspecified atom stereocenters. The molecule has 33 heavy (non-hydrogen) atoms. The highest BCUT2D eigenvalue weighted by molar-refractivity contribution is 8.01. The van der Waals surface area contributed by atoms with Gasteiger partial charge in [-0.25, -0.2) is 10.4 Å². The summed E-state index contributed by atoms with van der Waals surface area (Å²) in [6.07, 6.45) is 1.56. The van der Waals surface area contributed by atoms with Crippen molar-refractivity contribution < 1.29 is 14.5 Å². The van der Waals surface area contributed by atoms with Gasteiger partial charge in [-0.05, 0) is 59.7 Å². The summed E-state index contributed by atoms with van der Waals surface area (Å²) in [5.41, 5.74) is 5.13. The standard InChI is InChI=1S/C23H18N4O4S2/c28-22(15-32-23-25-20-3-1-2-4-21(20)33-23)26-24-13-16-7-11-19(12-8-16)31-14-17-5-9-18(10-6-17)27(29)30/h1-13H,14-15H2,(H,26,28)/b24-13-. The third-order valence-corrected chi connectivity index (χ3v) is 6.62. The molecule has 10 heteroatoms. The number of nitrogens with zero attached hydrogens (tertiary/aromatic N) is 3. The number of hydrogen-bond donors (Lipinski definition) is 1. The number of nitro groups is 1. The Balaban J connectivity index is 1.21. The van der Waals surface area contributed by atoms with Gasteiger partial charge in [0, 0.05) is 12.1 Å². The number of nitro benzene ring substituents is 1. The summed E-state index contributed by atoms with van der Waals surface area (Å²) in [5.74, 6) is 0.674. The van der Waals surface area contributed by atoms with Crippen LogP contribution >= 0.6 is 23.1 Å². The highest BCUT2D eigenvalue weighted by Crippen LogP contribution is 2.29. The van der Waals surface area contributed by atoms with Crippen LogP contribution in [0, 0.1) is 10.1 Å². The quantitative estimate of drug-likeness (QED) is 0.157. The predicted molar refractivity (Wildman–Crippen MR) is 130 cm³/mol. The monoisotopic (exact) mass is 478 g/mol. The second-order valence-corrected chi connectivity index (χ2v) is 9.06. The average molecular weight is 479 g/mol. The van der Waals surface area contributed by atoms with E-state index in [0.717, 1.165) is 25.7 Å². The van der Waals surface area contributed by atoms with E-state index in [-0.39, 0.29) is 17.3 Å². The molecule has 0 aliphatic rings. The van der Waals surface area contributed by atoms with Crippen LogP contribution in [0.4, 0.5) is 5.69 Å². The lowest BCUT2D eigenvalue weighted by molar-refractivity contribution is -0.384. The summed E-state index contributed by atoms with van der Waals surface area (Å²) in [6.45, 7) is 0.299. The normalized spacial score (nSPS) is 11.0. The summed E-state index contributed by atoms with van der Waals surface area (Å²) in [5, 5.41) is 14.7. The Morgan fingerprint density at radius 2 is 1.88 bits per heavy atom. The van der Waals surface area contributed by atoms with Crippen LogP contribution in [0.5, 0.6) is 5.75 Å². The van der Waals surface area contributed by atoms with E-state index >= 15 is 0 Å². The molecule has 1 amide bonds. The molecule has 4 rings (SSSR count). The summed E-state index contributed by atoms with van der Waals surface area (Å²) in [4.78, 5) is 26.8. The van der Waals surface area contributed by atoms with Gasteiger partial charge in [0.25, 0.3) is 11.6 Å². The van der Waals surface area contributed by atoms with Crippen LogP contribution in [0.15, 0.2) is 82.2 Å². The number of hydrazone groups is 1. The third-order valence-electron chi connectivity index (χ3n) is 4.44. The number of non-ortho nitro benzene ring substituents is 1. The zero-order valence-electron chi connectivity index (χ0n) is 17.2. The molecule has 1 aromatic heterocycles. The number of thioether (sulfide) groups is 1. The number of amides is 1. The van der Waals surface area contributed by atoms with Gasteiger partial charge in [0.05, 0.1) is 27.1 Å². The lowest BCUT2D eigenvalue weighted by Gasteiger charge is -2.06. The number of carbonyl (C=O) groups excluding carboxylic acids is 1. The van der Waals surface area contributed by atoms with Crippen LogP contribution in [0.1, 0.15) is 11.1 Å². The van der Waals surface area contributed by atoms with Crippen LogP contribution in [0.3, 0.4) is 0 Å². The van der Waals surface area contributed by atoms with Crippen molar-refractivity contribution in [3.63, 3.8) is 0 Å². The topological polar surface area (TPSA) is 107 Å². The highest BCUT2D eigenvalue weighted by atomic mass is 32.2. The van der Waals surface area contributed by atoms with Gasteiger partial charge in [0.1, 0.15) is 12.4 Å². The number of aromatic nitrogens is 1. The van der Waals surface area contributed by atoms with E-state index in [1.54, 1.807) is 41.8 Å². The Bertz CT molecular complexity index is 1260. The van der Waals surface area contributed by atoms with Crippen molar-refractivity contribution in [2.75, 3.05) is 5.75 Å². The smallest absolute Gasteiger partial charge is 0.269 e. The van der Waals surface area contributed by atoms with Crippen molar-refractivity contribution in [1.29, 1.82) is 0 Å². The molecule has 8 nitrogen and oxygen atoms in total. The van der Waals surface area contributed by atoms with Crippen molar-refractivity contribution in [3.8, 4) is 5.75 Å². The van der Waals surface area contributed by atoms with Crippen molar-refractivity contribution >= 4 is 51.1 Å². The zero-order valence-corrected chi connectivity index (χ0v) is 18.8. The Morgan fingerprint density at radius 3 is 2.61 bits per heavy atom. The van der Waals surface area contributed by atoms with E-state index < -0.39 is 4.92 Å². The van der Waals surface area contributed by atoms with E-state index in [1.165, 1.54) is 23.9 Å². The number of carbonyl (C=O) groups is 1. The molecule has 0 saturated carbocycles. The SMILES string of the molecule is O=C(CSc1nc2ccccc2s1)N/N=C\c1ccc(OCc2ccc([N+](=O)[O-])cc2)cc1. The second kappa shape index (κ2) is 10.7. The van der Waals surface area contributed by atoms with E-state index in [9.17, 15) is 14.9 Å². The number of ether oxygens (including phenoxy) is 1. The number of thiazole rings is 1. The largest absolute Gasteiger partial charge is 0.489 e. The van der Waals surface area contributed by atoms with Crippen LogP contribution in [-0.4, -0.2) is 27.8 Å². The van der Waals surface area contributed by atoms with Crippen molar-refractivity contribution in [2.24, 2.45) is 5.10 Å². The van der Waals surface area contributed by atoms with E-state index in [4.69, 9.17) is 4.74 Å². The molecule has 0 atom stereocenters. The maximum absolute atomic E-state index is 12.0. The molecule has 0 aliphatic heterocycles. The fraction of sp³-hybridized carbons (Fsp3) is 0.0870. The molecule has 3 aromatic carbocycles. The van der Waals surface area contributed by atoms with Gasteiger partial charge in [-0.3, -0.25) is 14.9 Å². The maximum atomic E-state index is 12.0. The number of rotatable bonds is 9. The molecule has 1 N–H and O–H groups in total. The molecule has 0 aliphatic carbocycles. The molecular weight excluding hydrogens is 460 g/mol. The Labute approximate surface area is 197 Å². The molecule has 0 spiro atoms. The number of hydrogen-bond acceptors (Lipinski definition) is 8. The molecule has 0 saturated heterocycles. The van der Waals surface area contributed by atoms with Gasteiger partial charge in [0.2, 0.25) is 0 Å².